The molecule has 0 aliphatic carbocycles. The molecule has 0 bridgehead atoms. The minimum absolute atomic E-state index is 0.153. The van der Waals surface area contributed by atoms with Gasteiger partial charge in [-0.1, -0.05) is 6.07 Å². The van der Waals surface area contributed by atoms with Gasteiger partial charge in [-0.05, 0) is 25.1 Å². The van der Waals surface area contributed by atoms with Crippen LogP contribution in [-0.2, 0) is 11.3 Å². The molecule has 122 valence electrons. The van der Waals surface area contributed by atoms with E-state index in [2.05, 4.69) is 4.98 Å². The fourth-order valence-corrected chi connectivity index (χ4v) is 2.61. The second-order valence-electron chi connectivity index (χ2n) is 4.63. The number of hydrogen-bond donors (Lipinski definition) is 1. The Kier molecular flexibility index (Phi) is 4.69. The molecule has 0 saturated carbocycles. The number of carbonyl (C=O) groups is 2. The van der Waals surface area contributed by atoms with Gasteiger partial charge in [-0.3, -0.25) is 9.69 Å². The predicted molar refractivity (Wildman–Crippen MR) is 77.5 cm³/mol. The van der Waals surface area contributed by atoms with Crippen molar-refractivity contribution < 1.29 is 27.9 Å². The minimum atomic E-state index is -5.08. The maximum atomic E-state index is 12.8. The van der Waals surface area contributed by atoms with Crippen LogP contribution in [0.25, 0.3) is 0 Å². The number of carboxylic acid groups (broad SMARTS) is 1. The Morgan fingerprint density at radius 2 is 2.04 bits per heavy atom. The highest BCUT2D eigenvalue weighted by Gasteiger charge is 2.43. The summed E-state index contributed by atoms with van der Waals surface area (Å²) in [4.78, 5) is 27.2. The molecular weight excluding hydrogens is 333 g/mol. The Labute approximate surface area is 133 Å². The van der Waals surface area contributed by atoms with Crippen LogP contribution in [0.1, 0.15) is 21.1 Å². The first-order chi connectivity index (χ1) is 10.7. The van der Waals surface area contributed by atoms with Crippen LogP contribution >= 0.6 is 11.3 Å². The lowest BCUT2D eigenvalue weighted by Gasteiger charge is -2.23. The number of carboxylic acids is 1. The number of nitrogens with zero attached hydrogens (tertiary/aromatic N) is 2. The summed E-state index contributed by atoms with van der Waals surface area (Å²) >= 11 is 1.12. The number of carbonyl (C=O) groups excluding carboxylic acids is 1. The Morgan fingerprint density at radius 1 is 1.35 bits per heavy atom. The Balaban J connectivity index is 2.42. The molecule has 2 aromatic rings. The van der Waals surface area contributed by atoms with Crippen LogP contribution < -0.4 is 4.90 Å². The van der Waals surface area contributed by atoms with E-state index in [-0.39, 0.29) is 17.8 Å². The van der Waals surface area contributed by atoms with Gasteiger partial charge in [0.2, 0.25) is 0 Å². The highest BCUT2D eigenvalue weighted by Crippen LogP contribution is 2.27. The van der Waals surface area contributed by atoms with Crippen molar-refractivity contribution in [2.45, 2.75) is 19.6 Å². The molecule has 0 atom stereocenters. The fraction of sp³-hybridized carbons (Fsp3) is 0.214. The Hall–Kier alpha value is -2.42. The van der Waals surface area contributed by atoms with Crippen molar-refractivity contribution in [1.29, 1.82) is 0 Å². The normalized spacial score (nSPS) is 11.3. The standard InChI is InChI=1S/C14H11F3N2O3S/c1-8-7-23-11(18-8)6-19(13(22)14(15,16)17)10-4-2-3-9(5-10)12(20)21/h2-5,7H,6H2,1H3,(H,20,21). The van der Waals surface area contributed by atoms with Gasteiger partial charge in [0.05, 0.1) is 12.1 Å². The maximum Gasteiger partial charge on any atom is 0.471 e. The molecule has 1 N–H and O–H groups in total. The van der Waals surface area contributed by atoms with E-state index in [1.54, 1.807) is 12.3 Å². The van der Waals surface area contributed by atoms with Crippen LogP contribution in [0.3, 0.4) is 0 Å². The van der Waals surface area contributed by atoms with E-state index in [4.69, 9.17) is 5.11 Å². The van der Waals surface area contributed by atoms with Gasteiger partial charge in [-0.15, -0.1) is 11.3 Å². The van der Waals surface area contributed by atoms with Crippen molar-refractivity contribution in [3.63, 3.8) is 0 Å². The molecule has 0 saturated heterocycles. The molecule has 5 nitrogen and oxygen atoms in total. The van der Waals surface area contributed by atoms with Crippen LogP contribution in [0.4, 0.5) is 18.9 Å². The fourth-order valence-electron chi connectivity index (χ4n) is 1.85. The first-order valence-electron chi connectivity index (χ1n) is 6.31. The van der Waals surface area contributed by atoms with Crippen LogP contribution in [0.2, 0.25) is 0 Å². The summed E-state index contributed by atoms with van der Waals surface area (Å²) in [6.45, 7) is 1.29. The third-order valence-electron chi connectivity index (χ3n) is 2.85. The average molecular weight is 344 g/mol. The van der Waals surface area contributed by atoms with Crippen LogP contribution in [0.5, 0.6) is 0 Å². The second-order valence-corrected chi connectivity index (χ2v) is 5.57. The van der Waals surface area contributed by atoms with Gasteiger partial charge in [-0.25, -0.2) is 9.78 Å². The molecule has 1 amide bonds. The monoisotopic (exact) mass is 344 g/mol. The highest BCUT2D eigenvalue weighted by atomic mass is 32.1. The summed E-state index contributed by atoms with van der Waals surface area (Å²) in [7, 11) is 0. The number of aromatic nitrogens is 1. The largest absolute Gasteiger partial charge is 0.478 e. The number of rotatable bonds is 4. The van der Waals surface area contributed by atoms with Gasteiger partial charge in [-0.2, -0.15) is 13.2 Å². The van der Waals surface area contributed by atoms with E-state index in [0.29, 0.717) is 15.6 Å². The molecule has 0 aliphatic rings. The zero-order valence-corrected chi connectivity index (χ0v) is 12.6. The number of thiazole rings is 1. The lowest BCUT2D eigenvalue weighted by molar-refractivity contribution is -0.170. The summed E-state index contributed by atoms with van der Waals surface area (Å²) in [6, 6.07) is 4.78. The molecule has 2 rings (SSSR count). The van der Waals surface area contributed by atoms with Crippen molar-refractivity contribution >= 4 is 28.9 Å². The van der Waals surface area contributed by atoms with Gasteiger partial charge in [0, 0.05) is 16.8 Å². The van der Waals surface area contributed by atoms with Crippen LogP contribution in [0.15, 0.2) is 29.6 Å². The summed E-state index contributed by atoms with van der Waals surface area (Å²) in [5.41, 5.74) is 0.265. The topological polar surface area (TPSA) is 70.5 Å². The molecule has 1 heterocycles. The molecule has 0 radical (unpaired) electrons. The molecule has 23 heavy (non-hydrogen) atoms. The summed E-state index contributed by atoms with van der Waals surface area (Å²) in [5, 5.41) is 10.9. The number of halogens is 3. The summed E-state index contributed by atoms with van der Waals surface area (Å²) in [6.07, 6.45) is -5.08. The van der Waals surface area contributed by atoms with E-state index < -0.39 is 18.1 Å². The van der Waals surface area contributed by atoms with Gasteiger partial charge < -0.3 is 5.11 Å². The Bertz CT molecular complexity index is 743. The first-order valence-corrected chi connectivity index (χ1v) is 7.19. The molecule has 0 aliphatic heterocycles. The molecule has 1 aromatic carbocycles. The number of anilines is 1. The van der Waals surface area contributed by atoms with Gasteiger partial charge >= 0.3 is 18.1 Å². The molecule has 1 aromatic heterocycles. The number of alkyl halides is 3. The zero-order chi connectivity index (χ0) is 17.2. The van der Waals surface area contributed by atoms with Crippen molar-refractivity contribution in [2.75, 3.05) is 4.90 Å². The molecule has 9 heteroatoms. The molecule has 0 fully saturated rings. The number of aryl methyl sites for hydroxylation is 1. The van der Waals surface area contributed by atoms with Gasteiger partial charge in [0.25, 0.3) is 0 Å². The summed E-state index contributed by atoms with van der Waals surface area (Å²) in [5.74, 6) is -3.37. The van der Waals surface area contributed by atoms with Crippen LogP contribution in [-0.4, -0.2) is 28.1 Å². The Morgan fingerprint density at radius 3 is 2.57 bits per heavy atom. The smallest absolute Gasteiger partial charge is 0.471 e. The lowest BCUT2D eigenvalue weighted by Crippen LogP contribution is -2.40. The van der Waals surface area contributed by atoms with E-state index in [9.17, 15) is 22.8 Å². The van der Waals surface area contributed by atoms with E-state index in [1.807, 2.05) is 0 Å². The van der Waals surface area contributed by atoms with E-state index >= 15 is 0 Å². The SMILES string of the molecule is Cc1csc(CN(C(=O)C(F)(F)F)c2cccc(C(=O)O)c2)n1. The maximum absolute atomic E-state index is 12.8. The van der Waals surface area contributed by atoms with Crippen molar-refractivity contribution in [3.05, 3.63) is 45.9 Å². The van der Waals surface area contributed by atoms with Crippen molar-refractivity contribution in [2.24, 2.45) is 0 Å². The molecular formula is C14H11F3N2O3S. The average Bonchev–Trinajstić information content (AvgIpc) is 2.88. The highest BCUT2D eigenvalue weighted by molar-refractivity contribution is 7.09. The zero-order valence-electron chi connectivity index (χ0n) is 11.8. The third-order valence-corrected chi connectivity index (χ3v) is 3.80. The van der Waals surface area contributed by atoms with Gasteiger partial charge in [0.15, 0.2) is 0 Å². The second kappa shape index (κ2) is 6.37. The van der Waals surface area contributed by atoms with Crippen molar-refractivity contribution in [3.8, 4) is 0 Å². The molecule has 0 unspecified atom stereocenters. The van der Waals surface area contributed by atoms with Gasteiger partial charge in [0.1, 0.15) is 5.01 Å². The number of hydrogen-bond acceptors (Lipinski definition) is 4. The number of amides is 1. The third kappa shape index (κ3) is 4.07. The minimum Gasteiger partial charge on any atom is -0.478 e. The van der Waals surface area contributed by atoms with E-state index in [1.165, 1.54) is 18.2 Å². The first kappa shape index (κ1) is 16.9. The molecule has 0 spiro atoms. The lowest BCUT2D eigenvalue weighted by atomic mass is 10.2. The number of benzene rings is 1. The summed E-state index contributed by atoms with van der Waals surface area (Å²) < 4.78 is 38.5. The predicted octanol–water partition coefficient (Wildman–Crippen LogP) is 3.25. The quantitative estimate of drug-likeness (QED) is 0.924. The van der Waals surface area contributed by atoms with Crippen LogP contribution in [0, 0.1) is 6.92 Å². The van der Waals surface area contributed by atoms with Crippen molar-refractivity contribution in [1.82, 2.24) is 4.98 Å². The van der Waals surface area contributed by atoms with E-state index in [0.717, 1.165) is 17.4 Å². The number of aromatic carboxylic acids is 1.